The zero-order valence-electron chi connectivity index (χ0n) is 14.3. The van der Waals surface area contributed by atoms with E-state index in [1.807, 2.05) is 11.3 Å². The van der Waals surface area contributed by atoms with Gasteiger partial charge >= 0.3 is 0 Å². The van der Waals surface area contributed by atoms with Crippen LogP contribution in [0.1, 0.15) is 55.4 Å². The first-order valence-electron chi connectivity index (χ1n) is 8.24. The highest BCUT2D eigenvalue weighted by molar-refractivity contribution is 7.12. The van der Waals surface area contributed by atoms with Crippen molar-refractivity contribution in [1.82, 2.24) is 10.2 Å². The summed E-state index contributed by atoms with van der Waals surface area (Å²) in [6.45, 7) is 7.63. The molecule has 2 heterocycles. The maximum absolute atomic E-state index is 12.3. The molecule has 0 radical (unpaired) electrons. The van der Waals surface area contributed by atoms with Crippen molar-refractivity contribution in [2.24, 2.45) is 0 Å². The molecule has 0 saturated heterocycles. The van der Waals surface area contributed by atoms with Crippen LogP contribution in [-0.4, -0.2) is 29.8 Å². The monoisotopic (exact) mass is 342 g/mol. The lowest BCUT2D eigenvalue weighted by Gasteiger charge is -2.16. The third-order valence-electron chi connectivity index (χ3n) is 4.43. The van der Waals surface area contributed by atoms with E-state index in [9.17, 15) is 9.59 Å². The van der Waals surface area contributed by atoms with Crippen molar-refractivity contribution in [3.8, 4) is 0 Å². The number of hydrogen-bond donors (Lipinski definition) is 1. The topological polar surface area (TPSA) is 49.4 Å². The van der Waals surface area contributed by atoms with Crippen LogP contribution in [0.2, 0.25) is 0 Å². The molecule has 0 spiro atoms. The van der Waals surface area contributed by atoms with Gasteiger partial charge in [-0.05, 0) is 57.5 Å². The molecule has 0 bridgehead atoms. The molecule has 2 aromatic rings. The summed E-state index contributed by atoms with van der Waals surface area (Å²) in [7, 11) is 0. The van der Waals surface area contributed by atoms with Crippen LogP contribution in [0.4, 0.5) is 0 Å². The van der Waals surface area contributed by atoms with Crippen molar-refractivity contribution < 1.29 is 9.59 Å². The van der Waals surface area contributed by atoms with Crippen molar-refractivity contribution in [2.75, 3.05) is 13.1 Å². The third-order valence-corrected chi connectivity index (χ3v) is 5.41. The maximum atomic E-state index is 12.3. The van der Waals surface area contributed by atoms with E-state index in [1.54, 1.807) is 24.3 Å². The normalized spacial score (nSPS) is 15.0. The Labute approximate surface area is 146 Å². The Kier molecular flexibility index (Phi) is 4.83. The highest BCUT2D eigenvalue weighted by Gasteiger charge is 2.34. The van der Waals surface area contributed by atoms with Crippen LogP contribution in [0.3, 0.4) is 0 Å². The minimum atomic E-state index is -0.173. The van der Waals surface area contributed by atoms with Crippen LogP contribution >= 0.6 is 11.3 Å². The summed E-state index contributed by atoms with van der Waals surface area (Å²) < 4.78 is 0. The number of imide groups is 1. The molecule has 3 rings (SSSR count). The molecule has 1 unspecified atom stereocenters. The largest absolute Gasteiger partial charge is 0.310 e. The minimum absolute atomic E-state index is 0.173. The van der Waals surface area contributed by atoms with Gasteiger partial charge in [-0.25, -0.2) is 0 Å². The zero-order valence-corrected chi connectivity index (χ0v) is 15.1. The molecule has 1 aromatic carbocycles. The molecule has 0 fully saturated rings. The lowest BCUT2D eigenvalue weighted by atomic mass is 10.1. The maximum Gasteiger partial charge on any atom is 0.261 e. The molecular weight excluding hydrogens is 320 g/mol. The first-order valence-corrected chi connectivity index (χ1v) is 9.06. The van der Waals surface area contributed by atoms with Crippen LogP contribution in [-0.2, 0) is 0 Å². The van der Waals surface area contributed by atoms with Gasteiger partial charge in [0.15, 0.2) is 0 Å². The molecule has 126 valence electrons. The Morgan fingerprint density at radius 1 is 1.12 bits per heavy atom. The number of nitrogens with zero attached hydrogens (tertiary/aromatic N) is 1. The number of hydrogen-bond acceptors (Lipinski definition) is 4. The zero-order chi connectivity index (χ0) is 17.3. The van der Waals surface area contributed by atoms with Gasteiger partial charge in [0, 0.05) is 22.3 Å². The second-order valence-corrected chi connectivity index (χ2v) is 7.67. The van der Waals surface area contributed by atoms with Crippen LogP contribution in [0, 0.1) is 13.8 Å². The van der Waals surface area contributed by atoms with Gasteiger partial charge in [0.25, 0.3) is 11.8 Å². The number of amides is 2. The molecule has 24 heavy (non-hydrogen) atoms. The second kappa shape index (κ2) is 6.87. The Bertz CT molecular complexity index is 746. The summed E-state index contributed by atoms with van der Waals surface area (Å²) in [5, 5.41) is 3.49. The number of carbonyl (C=O) groups excluding carboxylic acids is 2. The number of benzene rings is 1. The second-order valence-electron chi connectivity index (χ2n) is 6.21. The quantitative estimate of drug-likeness (QED) is 0.643. The SMILES string of the molecule is Cc1cc(C(C)NCCCN2C(=O)c3ccccc3C2=O)c(C)s1. The summed E-state index contributed by atoms with van der Waals surface area (Å²) in [6, 6.07) is 9.53. The van der Waals surface area contributed by atoms with Gasteiger partial charge in [0.2, 0.25) is 0 Å². The van der Waals surface area contributed by atoms with E-state index in [2.05, 4.69) is 32.2 Å². The van der Waals surface area contributed by atoms with Gasteiger partial charge in [0.1, 0.15) is 0 Å². The van der Waals surface area contributed by atoms with E-state index in [0.717, 1.165) is 13.0 Å². The predicted octanol–water partition coefficient (Wildman–Crippen LogP) is 3.70. The van der Waals surface area contributed by atoms with Gasteiger partial charge in [0.05, 0.1) is 11.1 Å². The van der Waals surface area contributed by atoms with Gasteiger partial charge in [-0.3, -0.25) is 14.5 Å². The average molecular weight is 342 g/mol. The molecule has 5 heteroatoms. The molecule has 1 N–H and O–H groups in total. The van der Waals surface area contributed by atoms with Gasteiger partial charge in [-0.1, -0.05) is 12.1 Å². The fourth-order valence-corrected chi connectivity index (χ4v) is 4.21. The molecule has 1 aliphatic heterocycles. The van der Waals surface area contributed by atoms with E-state index in [0.29, 0.717) is 17.7 Å². The molecule has 0 aliphatic carbocycles. The summed E-state index contributed by atoms with van der Waals surface area (Å²) in [6.07, 6.45) is 0.748. The third kappa shape index (κ3) is 3.14. The van der Waals surface area contributed by atoms with Crippen molar-refractivity contribution >= 4 is 23.2 Å². The van der Waals surface area contributed by atoms with Crippen LogP contribution in [0.5, 0.6) is 0 Å². The summed E-state index contributed by atoms with van der Waals surface area (Å²) in [5.74, 6) is -0.346. The molecule has 4 nitrogen and oxygen atoms in total. The van der Waals surface area contributed by atoms with Gasteiger partial charge in [-0.15, -0.1) is 11.3 Å². The molecule has 2 amide bonds. The Morgan fingerprint density at radius 3 is 2.29 bits per heavy atom. The molecule has 1 aromatic heterocycles. The van der Waals surface area contributed by atoms with Crippen LogP contribution in [0.15, 0.2) is 30.3 Å². The minimum Gasteiger partial charge on any atom is -0.310 e. The summed E-state index contributed by atoms with van der Waals surface area (Å²) in [4.78, 5) is 28.6. The Balaban J connectivity index is 1.52. The average Bonchev–Trinajstić information content (AvgIpc) is 3.02. The number of nitrogens with one attached hydrogen (secondary N) is 1. The van der Waals surface area contributed by atoms with Crippen LogP contribution < -0.4 is 5.32 Å². The van der Waals surface area contributed by atoms with E-state index in [4.69, 9.17) is 0 Å². The number of carbonyl (C=O) groups is 2. The van der Waals surface area contributed by atoms with E-state index in [-0.39, 0.29) is 17.9 Å². The van der Waals surface area contributed by atoms with Crippen molar-refractivity contribution in [1.29, 1.82) is 0 Å². The summed E-state index contributed by atoms with van der Waals surface area (Å²) in [5.41, 5.74) is 2.37. The Morgan fingerprint density at radius 2 is 1.75 bits per heavy atom. The molecule has 1 atom stereocenters. The summed E-state index contributed by atoms with van der Waals surface area (Å²) >= 11 is 1.81. The number of rotatable bonds is 6. The standard InChI is InChI=1S/C19H22N2O2S/c1-12-11-17(14(3)24-12)13(2)20-9-6-10-21-18(22)15-7-4-5-8-16(15)19(21)23/h4-5,7-8,11,13,20H,6,9-10H2,1-3H3. The highest BCUT2D eigenvalue weighted by Crippen LogP contribution is 2.26. The van der Waals surface area contributed by atoms with Crippen molar-refractivity contribution in [2.45, 2.75) is 33.2 Å². The van der Waals surface area contributed by atoms with E-state index < -0.39 is 0 Å². The Hall–Kier alpha value is -1.98. The van der Waals surface area contributed by atoms with Crippen molar-refractivity contribution in [3.05, 3.63) is 56.8 Å². The lowest BCUT2D eigenvalue weighted by Crippen LogP contribution is -2.32. The molecule has 0 saturated carbocycles. The smallest absolute Gasteiger partial charge is 0.261 e. The van der Waals surface area contributed by atoms with Crippen molar-refractivity contribution in [3.63, 3.8) is 0 Å². The number of aryl methyl sites for hydroxylation is 2. The first kappa shape index (κ1) is 16.9. The predicted molar refractivity (Wildman–Crippen MR) is 96.6 cm³/mol. The first-order chi connectivity index (χ1) is 11.5. The number of thiophene rings is 1. The fraction of sp³-hybridized carbons (Fsp3) is 0.368. The fourth-order valence-electron chi connectivity index (χ4n) is 3.19. The molecule has 1 aliphatic rings. The van der Waals surface area contributed by atoms with Crippen LogP contribution in [0.25, 0.3) is 0 Å². The van der Waals surface area contributed by atoms with E-state index in [1.165, 1.54) is 20.2 Å². The van der Waals surface area contributed by atoms with Gasteiger partial charge in [-0.2, -0.15) is 0 Å². The highest BCUT2D eigenvalue weighted by atomic mass is 32.1. The number of fused-ring (bicyclic) bond motifs is 1. The van der Waals surface area contributed by atoms with E-state index >= 15 is 0 Å². The molecular formula is C19H22N2O2S. The van der Waals surface area contributed by atoms with Gasteiger partial charge < -0.3 is 5.32 Å². The lowest BCUT2D eigenvalue weighted by molar-refractivity contribution is 0.0652.